The van der Waals surface area contributed by atoms with E-state index in [4.69, 9.17) is 12.2 Å². The van der Waals surface area contributed by atoms with Gasteiger partial charge in [-0.3, -0.25) is 5.43 Å². The molecule has 0 heterocycles. The molecule has 0 amide bonds. The summed E-state index contributed by atoms with van der Waals surface area (Å²) in [6, 6.07) is 9.18. The van der Waals surface area contributed by atoms with Crippen LogP contribution in [-0.4, -0.2) is 11.3 Å². The highest BCUT2D eigenvalue weighted by atomic mass is 79.9. The largest absolute Gasteiger partial charge is 0.331 e. The molecule has 0 atom stereocenters. The molecule has 0 bridgehead atoms. The van der Waals surface area contributed by atoms with Crippen molar-refractivity contribution < 1.29 is 4.39 Å². The van der Waals surface area contributed by atoms with Crippen LogP contribution in [0.4, 0.5) is 10.1 Å². The molecular formula is C19H19BrFN3S. The van der Waals surface area contributed by atoms with Crippen LogP contribution in [0, 0.1) is 19.7 Å². The average molecular weight is 420 g/mol. The minimum atomic E-state index is -0.383. The fourth-order valence-electron chi connectivity index (χ4n) is 2.38. The van der Waals surface area contributed by atoms with Gasteiger partial charge in [-0.05, 0) is 61.8 Å². The van der Waals surface area contributed by atoms with Gasteiger partial charge in [-0.2, -0.15) is 5.10 Å². The molecule has 2 aromatic rings. The molecule has 0 saturated heterocycles. The molecule has 2 rings (SSSR count). The van der Waals surface area contributed by atoms with Crippen molar-refractivity contribution in [2.24, 2.45) is 5.10 Å². The van der Waals surface area contributed by atoms with E-state index in [0.29, 0.717) is 20.7 Å². The Kier molecular flexibility index (Phi) is 6.45. The van der Waals surface area contributed by atoms with Gasteiger partial charge in [0, 0.05) is 15.7 Å². The minimum Gasteiger partial charge on any atom is -0.331 e. The number of nitrogens with zero attached hydrogens (tertiary/aromatic N) is 1. The van der Waals surface area contributed by atoms with Gasteiger partial charge in [-0.25, -0.2) is 4.39 Å². The quantitative estimate of drug-likeness (QED) is 0.386. The zero-order valence-electron chi connectivity index (χ0n) is 14.3. The van der Waals surface area contributed by atoms with Crippen molar-refractivity contribution in [2.75, 3.05) is 5.32 Å². The lowest BCUT2D eigenvalue weighted by molar-refractivity contribution is 0.624. The van der Waals surface area contributed by atoms with Crippen LogP contribution in [0.1, 0.15) is 29.2 Å². The van der Waals surface area contributed by atoms with Crippen molar-refractivity contribution in [2.45, 2.75) is 20.8 Å². The molecule has 0 aliphatic rings. The number of hydrazone groups is 1. The van der Waals surface area contributed by atoms with Crippen LogP contribution in [-0.2, 0) is 0 Å². The summed E-state index contributed by atoms with van der Waals surface area (Å²) in [6.45, 7) is 9.69. The fourth-order valence-corrected chi connectivity index (χ4v) is 2.96. The molecule has 25 heavy (non-hydrogen) atoms. The molecule has 0 aliphatic carbocycles. The molecule has 3 nitrogen and oxygen atoms in total. The molecule has 0 saturated carbocycles. The standard InChI is InChI=1S/C19H19BrFN3S/c1-11(2)15-8-14(20)9-17(21)16(15)10-22-24-19(25)23-18-12(3)6-5-7-13(18)4/h5-10H,1H2,2-4H3,(H2,23,24,25)/b22-10+. The maximum Gasteiger partial charge on any atom is 0.191 e. The number of anilines is 1. The maximum atomic E-state index is 14.2. The van der Waals surface area contributed by atoms with Crippen molar-refractivity contribution in [3.8, 4) is 0 Å². The summed E-state index contributed by atoms with van der Waals surface area (Å²) in [5.41, 5.74) is 7.62. The zero-order valence-corrected chi connectivity index (χ0v) is 16.7. The first-order valence-electron chi connectivity index (χ1n) is 7.60. The molecule has 2 aromatic carbocycles. The normalized spacial score (nSPS) is 10.8. The third-order valence-electron chi connectivity index (χ3n) is 3.63. The third kappa shape index (κ3) is 4.96. The van der Waals surface area contributed by atoms with E-state index in [-0.39, 0.29) is 5.82 Å². The number of benzene rings is 2. The van der Waals surface area contributed by atoms with Gasteiger partial charge in [-0.1, -0.05) is 46.3 Å². The van der Waals surface area contributed by atoms with E-state index in [0.717, 1.165) is 22.4 Å². The van der Waals surface area contributed by atoms with Gasteiger partial charge in [0.05, 0.1) is 6.21 Å². The van der Waals surface area contributed by atoms with Crippen LogP contribution in [0.15, 0.2) is 46.5 Å². The first-order chi connectivity index (χ1) is 11.8. The SMILES string of the molecule is C=C(C)c1cc(Br)cc(F)c1/C=N/NC(=S)Nc1c(C)cccc1C. The Labute approximate surface area is 161 Å². The van der Waals surface area contributed by atoms with Gasteiger partial charge in [0.2, 0.25) is 0 Å². The highest BCUT2D eigenvalue weighted by Gasteiger charge is 2.09. The molecule has 0 radical (unpaired) electrons. The summed E-state index contributed by atoms with van der Waals surface area (Å²) >= 11 is 8.54. The highest BCUT2D eigenvalue weighted by molar-refractivity contribution is 9.10. The van der Waals surface area contributed by atoms with Crippen LogP contribution >= 0.6 is 28.1 Å². The van der Waals surface area contributed by atoms with E-state index in [9.17, 15) is 4.39 Å². The second-order valence-corrected chi connectivity index (χ2v) is 7.04. The summed E-state index contributed by atoms with van der Waals surface area (Å²) in [6.07, 6.45) is 1.41. The van der Waals surface area contributed by atoms with Crippen LogP contribution in [0.3, 0.4) is 0 Å². The third-order valence-corrected chi connectivity index (χ3v) is 4.28. The number of rotatable bonds is 4. The van der Waals surface area contributed by atoms with E-state index in [2.05, 4.69) is 38.4 Å². The van der Waals surface area contributed by atoms with E-state index >= 15 is 0 Å². The minimum absolute atomic E-state index is 0.336. The van der Waals surface area contributed by atoms with Crippen LogP contribution in [0.2, 0.25) is 0 Å². The Morgan fingerprint density at radius 1 is 1.28 bits per heavy atom. The van der Waals surface area contributed by atoms with E-state index < -0.39 is 0 Å². The van der Waals surface area contributed by atoms with Gasteiger partial charge >= 0.3 is 0 Å². The van der Waals surface area contributed by atoms with E-state index in [1.54, 1.807) is 6.07 Å². The van der Waals surface area contributed by atoms with Gasteiger partial charge in [-0.15, -0.1) is 0 Å². The van der Waals surface area contributed by atoms with Crippen LogP contribution < -0.4 is 10.7 Å². The smallest absolute Gasteiger partial charge is 0.191 e. The van der Waals surface area contributed by atoms with Gasteiger partial charge < -0.3 is 5.32 Å². The summed E-state index contributed by atoms with van der Waals surface area (Å²) in [5.74, 6) is -0.383. The Morgan fingerprint density at radius 2 is 1.92 bits per heavy atom. The number of hydrogen-bond donors (Lipinski definition) is 2. The Bertz CT molecular complexity index is 842. The van der Waals surface area contributed by atoms with Gasteiger partial charge in [0.25, 0.3) is 0 Å². The van der Waals surface area contributed by atoms with Crippen molar-refractivity contribution >= 4 is 50.7 Å². The summed E-state index contributed by atoms with van der Waals surface area (Å²) in [7, 11) is 0. The number of thiocarbonyl (C=S) groups is 1. The predicted molar refractivity (Wildman–Crippen MR) is 112 cm³/mol. The molecule has 0 aliphatic heterocycles. The van der Waals surface area contributed by atoms with E-state index in [1.807, 2.05) is 39.0 Å². The topological polar surface area (TPSA) is 36.4 Å². The lowest BCUT2D eigenvalue weighted by Gasteiger charge is -2.13. The van der Waals surface area contributed by atoms with Crippen LogP contribution in [0.5, 0.6) is 0 Å². The van der Waals surface area contributed by atoms with Gasteiger partial charge in [0.1, 0.15) is 5.82 Å². The zero-order chi connectivity index (χ0) is 18.6. The van der Waals surface area contributed by atoms with Gasteiger partial charge in [0.15, 0.2) is 5.11 Å². The lowest BCUT2D eigenvalue weighted by atomic mass is 10.0. The highest BCUT2D eigenvalue weighted by Crippen LogP contribution is 2.24. The first-order valence-corrected chi connectivity index (χ1v) is 8.81. The van der Waals surface area contributed by atoms with Crippen molar-refractivity contribution in [1.82, 2.24) is 5.43 Å². The van der Waals surface area contributed by atoms with Crippen LogP contribution in [0.25, 0.3) is 5.57 Å². The second-order valence-electron chi connectivity index (χ2n) is 5.72. The van der Waals surface area contributed by atoms with Crippen molar-refractivity contribution in [3.63, 3.8) is 0 Å². The molecular weight excluding hydrogens is 401 g/mol. The molecule has 2 N–H and O–H groups in total. The molecule has 130 valence electrons. The second kappa shape index (κ2) is 8.36. The number of para-hydroxylation sites is 1. The monoisotopic (exact) mass is 419 g/mol. The summed E-state index contributed by atoms with van der Waals surface area (Å²) < 4.78 is 14.9. The first kappa shape index (κ1) is 19.3. The Hall–Kier alpha value is -2.05. The Balaban J connectivity index is 2.14. The molecule has 0 spiro atoms. The molecule has 0 aromatic heterocycles. The number of nitrogens with one attached hydrogen (secondary N) is 2. The number of halogens is 2. The Morgan fingerprint density at radius 3 is 2.52 bits per heavy atom. The molecule has 0 unspecified atom stereocenters. The average Bonchev–Trinajstić information content (AvgIpc) is 2.52. The maximum absolute atomic E-state index is 14.2. The fraction of sp³-hybridized carbons (Fsp3) is 0.158. The number of aryl methyl sites for hydroxylation is 2. The summed E-state index contributed by atoms with van der Waals surface area (Å²) in [5, 5.41) is 7.51. The van der Waals surface area contributed by atoms with Crippen molar-refractivity contribution in [1.29, 1.82) is 0 Å². The summed E-state index contributed by atoms with van der Waals surface area (Å²) in [4.78, 5) is 0. The number of allylic oxidation sites excluding steroid dienone is 1. The molecule has 0 fully saturated rings. The van der Waals surface area contributed by atoms with E-state index in [1.165, 1.54) is 12.3 Å². The number of hydrogen-bond acceptors (Lipinski definition) is 2. The van der Waals surface area contributed by atoms with Crippen molar-refractivity contribution in [3.05, 3.63) is 69.5 Å². The predicted octanol–water partition coefficient (Wildman–Crippen LogP) is 5.56. The lowest BCUT2D eigenvalue weighted by Crippen LogP contribution is -2.24. The molecule has 6 heteroatoms.